The fraction of sp³-hybridized carbons (Fsp3) is 0.576. The van der Waals surface area contributed by atoms with Crippen LogP contribution in [0.2, 0.25) is 0 Å². The van der Waals surface area contributed by atoms with Gasteiger partial charge in [-0.2, -0.15) is 0 Å². The van der Waals surface area contributed by atoms with Gasteiger partial charge in [0, 0.05) is 48.0 Å². The lowest BCUT2D eigenvalue weighted by atomic mass is 9.65. The summed E-state index contributed by atoms with van der Waals surface area (Å²) in [6.07, 6.45) is 9.45. The normalized spacial score (nSPS) is 27.1. The van der Waals surface area contributed by atoms with Gasteiger partial charge in [-0.05, 0) is 75.5 Å². The van der Waals surface area contributed by atoms with E-state index in [2.05, 4.69) is 15.8 Å². The van der Waals surface area contributed by atoms with Crippen molar-refractivity contribution in [2.45, 2.75) is 108 Å². The van der Waals surface area contributed by atoms with Crippen molar-refractivity contribution in [1.82, 2.24) is 25.6 Å². The fourth-order valence-corrected chi connectivity index (χ4v) is 7.51. The van der Waals surface area contributed by atoms with Crippen LogP contribution in [0.1, 0.15) is 91.8 Å². The number of hydrogen-bond donors (Lipinski definition) is 2. The first kappa shape index (κ1) is 29.6. The SMILES string of the molecule is CC1(NC(=O)C(N(Cc2ccc3c(c2)C(=O)N(C2CCC(=O)NC2=O)C3)C(=O)CCc2cnoc2)C23CCC(CC2)OC3)CC1. The highest BCUT2D eigenvalue weighted by Gasteiger charge is 2.54. The fourth-order valence-electron chi connectivity index (χ4n) is 7.51. The lowest BCUT2D eigenvalue weighted by molar-refractivity contribution is -0.170. The molecule has 45 heavy (non-hydrogen) atoms. The van der Waals surface area contributed by atoms with E-state index in [1.54, 1.807) is 17.2 Å². The minimum Gasteiger partial charge on any atom is -0.378 e. The molecule has 5 amide bonds. The Morgan fingerprint density at radius 3 is 2.60 bits per heavy atom. The van der Waals surface area contributed by atoms with E-state index >= 15 is 0 Å². The van der Waals surface area contributed by atoms with Crippen molar-refractivity contribution in [3.8, 4) is 0 Å². The van der Waals surface area contributed by atoms with Crippen molar-refractivity contribution in [3.05, 3.63) is 52.9 Å². The van der Waals surface area contributed by atoms with Gasteiger partial charge in [-0.15, -0.1) is 0 Å². The van der Waals surface area contributed by atoms with Gasteiger partial charge in [-0.25, -0.2) is 0 Å². The number of nitrogens with one attached hydrogen (secondary N) is 2. The molecule has 2 aliphatic carbocycles. The second-order valence-corrected chi connectivity index (χ2v) is 13.8. The van der Waals surface area contributed by atoms with Gasteiger partial charge in [0.25, 0.3) is 5.91 Å². The molecule has 0 spiro atoms. The molecule has 2 unspecified atom stereocenters. The number of imide groups is 1. The number of rotatable bonds is 10. The third-order valence-corrected chi connectivity index (χ3v) is 10.5. The second-order valence-electron chi connectivity index (χ2n) is 13.8. The second kappa shape index (κ2) is 11.4. The molecule has 2 N–H and O–H groups in total. The first-order valence-electron chi connectivity index (χ1n) is 16.0. The molecule has 2 bridgehead atoms. The molecule has 2 aromatic rings. The van der Waals surface area contributed by atoms with Crippen molar-refractivity contribution in [3.63, 3.8) is 0 Å². The van der Waals surface area contributed by atoms with Crippen molar-refractivity contribution in [2.75, 3.05) is 6.61 Å². The van der Waals surface area contributed by atoms with Gasteiger partial charge >= 0.3 is 0 Å². The number of hydrogen-bond acceptors (Lipinski definition) is 8. The van der Waals surface area contributed by atoms with Gasteiger partial charge in [0.15, 0.2) is 0 Å². The van der Waals surface area contributed by atoms with E-state index in [0.29, 0.717) is 18.6 Å². The summed E-state index contributed by atoms with van der Waals surface area (Å²) >= 11 is 0. The highest BCUT2D eigenvalue weighted by atomic mass is 16.5. The summed E-state index contributed by atoms with van der Waals surface area (Å²) in [4.78, 5) is 69.5. The summed E-state index contributed by atoms with van der Waals surface area (Å²) in [5.41, 5.74) is 2.00. The number of fused-ring (bicyclic) bond motifs is 4. The van der Waals surface area contributed by atoms with Crippen LogP contribution in [0, 0.1) is 5.41 Å². The molecule has 0 radical (unpaired) electrons. The maximum absolute atomic E-state index is 14.3. The van der Waals surface area contributed by atoms with E-state index in [9.17, 15) is 24.0 Å². The number of piperidine rings is 1. The van der Waals surface area contributed by atoms with Crippen LogP contribution in [0.15, 0.2) is 35.2 Å². The summed E-state index contributed by atoms with van der Waals surface area (Å²) in [5.74, 6) is -1.39. The van der Waals surface area contributed by atoms with Crippen LogP contribution in [0.25, 0.3) is 0 Å². The molecule has 12 nitrogen and oxygen atoms in total. The number of benzene rings is 1. The minimum atomic E-state index is -0.741. The number of carbonyl (C=O) groups is 5. The first-order chi connectivity index (χ1) is 21.6. The number of nitrogens with zero attached hydrogens (tertiary/aromatic N) is 3. The molecule has 2 atom stereocenters. The van der Waals surface area contributed by atoms with Crippen LogP contribution in [-0.4, -0.2) is 74.8 Å². The monoisotopic (exact) mass is 617 g/mol. The average molecular weight is 618 g/mol. The Hall–Kier alpha value is -4.06. The van der Waals surface area contributed by atoms with Crippen molar-refractivity contribution < 1.29 is 33.2 Å². The summed E-state index contributed by atoms with van der Waals surface area (Å²) < 4.78 is 11.1. The maximum Gasteiger partial charge on any atom is 0.255 e. The summed E-state index contributed by atoms with van der Waals surface area (Å²) in [6.45, 7) is 2.87. The van der Waals surface area contributed by atoms with Crippen LogP contribution in [0.3, 0.4) is 0 Å². The van der Waals surface area contributed by atoms with E-state index in [4.69, 9.17) is 9.26 Å². The van der Waals surface area contributed by atoms with Crippen LogP contribution in [0.4, 0.5) is 0 Å². The smallest absolute Gasteiger partial charge is 0.255 e. The van der Waals surface area contributed by atoms with Crippen molar-refractivity contribution in [1.29, 1.82) is 0 Å². The number of aromatic nitrogens is 1. The van der Waals surface area contributed by atoms with Crippen LogP contribution in [-0.2, 0) is 43.4 Å². The predicted octanol–water partition coefficient (Wildman–Crippen LogP) is 2.39. The zero-order chi connectivity index (χ0) is 31.3. The van der Waals surface area contributed by atoms with Gasteiger partial charge in [0.05, 0.1) is 18.9 Å². The van der Waals surface area contributed by atoms with E-state index in [1.807, 2.05) is 19.1 Å². The zero-order valence-electron chi connectivity index (χ0n) is 25.5. The molecule has 5 fully saturated rings. The maximum atomic E-state index is 14.3. The van der Waals surface area contributed by atoms with E-state index < -0.39 is 23.4 Å². The van der Waals surface area contributed by atoms with Gasteiger partial charge in [-0.3, -0.25) is 29.3 Å². The third kappa shape index (κ3) is 5.76. The Bertz CT molecular complexity index is 1510. The molecule has 12 heteroatoms. The van der Waals surface area contributed by atoms with Gasteiger partial charge in [0.1, 0.15) is 18.3 Å². The van der Waals surface area contributed by atoms with Crippen molar-refractivity contribution >= 4 is 29.5 Å². The Labute approximate surface area is 261 Å². The van der Waals surface area contributed by atoms with Crippen LogP contribution in [0.5, 0.6) is 0 Å². The Morgan fingerprint density at radius 1 is 1.13 bits per heavy atom. The van der Waals surface area contributed by atoms with Crippen LogP contribution < -0.4 is 10.6 Å². The largest absolute Gasteiger partial charge is 0.378 e. The lowest BCUT2D eigenvalue weighted by Crippen LogP contribution is -2.63. The molecule has 238 valence electrons. The molecule has 1 aromatic heterocycles. The van der Waals surface area contributed by atoms with E-state index in [-0.39, 0.29) is 67.6 Å². The molecule has 2 saturated carbocycles. The van der Waals surface area contributed by atoms with Crippen LogP contribution >= 0.6 is 0 Å². The van der Waals surface area contributed by atoms with Gasteiger partial charge in [0.2, 0.25) is 23.6 Å². The summed E-state index contributed by atoms with van der Waals surface area (Å²) in [7, 11) is 0. The van der Waals surface area contributed by atoms with E-state index in [1.165, 1.54) is 11.2 Å². The molecule has 4 aliphatic heterocycles. The topological polar surface area (TPSA) is 151 Å². The minimum absolute atomic E-state index is 0.140. The molecular formula is C33H39N5O7. The quantitative estimate of drug-likeness (QED) is 0.386. The third-order valence-electron chi connectivity index (χ3n) is 10.5. The average Bonchev–Trinajstić information content (AvgIpc) is 3.38. The molecule has 6 aliphatic rings. The van der Waals surface area contributed by atoms with Gasteiger partial charge < -0.3 is 24.4 Å². The lowest BCUT2D eigenvalue weighted by Gasteiger charge is -2.52. The van der Waals surface area contributed by atoms with E-state index in [0.717, 1.165) is 55.2 Å². The standard InChI is InChI=1S/C33H39N5O7/c1-32(12-13-32)36-30(42)28(33-10-8-23(9-11-33)44-19-33)38(27(40)7-3-21-15-34-45-18-21)16-20-2-4-22-17-37(31(43)24(22)14-20)25-5-6-26(39)35-29(25)41/h2,4,14-15,18,23,25,28H,3,5-13,16-17,19H2,1H3,(H,36,42)(H,35,39,41). The molecular weight excluding hydrogens is 578 g/mol. The highest BCUT2D eigenvalue weighted by Crippen LogP contribution is 2.48. The number of carbonyl (C=O) groups excluding carboxylic acids is 5. The first-order valence-corrected chi connectivity index (χ1v) is 16.0. The van der Waals surface area contributed by atoms with Gasteiger partial charge in [-0.1, -0.05) is 17.3 Å². The highest BCUT2D eigenvalue weighted by molar-refractivity contribution is 6.05. The summed E-state index contributed by atoms with van der Waals surface area (Å²) in [6, 6.07) is 4.09. The Morgan fingerprint density at radius 2 is 1.93 bits per heavy atom. The summed E-state index contributed by atoms with van der Waals surface area (Å²) in [5, 5.41) is 9.35. The molecule has 3 saturated heterocycles. The number of ether oxygens (including phenoxy) is 1. The van der Waals surface area contributed by atoms with Crippen molar-refractivity contribution in [2.24, 2.45) is 5.41 Å². The number of amides is 5. The molecule has 8 rings (SSSR count). The number of aryl methyl sites for hydroxylation is 1. The Balaban J connectivity index is 1.19. The zero-order valence-corrected chi connectivity index (χ0v) is 25.5. The predicted molar refractivity (Wildman–Crippen MR) is 158 cm³/mol. The Kier molecular flexibility index (Phi) is 7.50. The molecule has 1 aromatic carbocycles. The molecule has 5 heterocycles.